The zero-order chi connectivity index (χ0) is 7.56. The summed E-state index contributed by atoms with van der Waals surface area (Å²) in [6.45, 7) is 1.74. The van der Waals surface area contributed by atoms with Gasteiger partial charge in [0.25, 0.3) is 5.56 Å². The minimum atomic E-state index is -0.265. The normalized spacial score (nSPS) is 8.80. The van der Waals surface area contributed by atoms with Crippen molar-refractivity contribution in [1.29, 1.82) is 0 Å². The van der Waals surface area contributed by atoms with Crippen LogP contribution in [0.1, 0.15) is 11.4 Å². The molecule has 0 bridgehead atoms. The van der Waals surface area contributed by atoms with Crippen molar-refractivity contribution < 1.29 is 0 Å². The number of terminal acetylenes is 1. The van der Waals surface area contributed by atoms with Crippen molar-refractivity contribution in [1.82, 2.24) is 9.97 Å². The Kier molecular flexibility index (Phi) is 1.55. The van der Waals surface area contributed by atoms with Gasteiger partial charge in [-0.3, -0.25) is 9.78 Å². The van der Waals surface area contributed by atoms with Crippen LogP contribution >= 0.6 is 0 Å². The highest BCUT2D eigenvalue weighted by molar-refractivity contribution is 5.26. The monoisotopic (exact) mass is 134 g/mol. The van der Waals surface area contributed by atoms with E-state index in [-0.39, 0.29) is 5.56 Å². The molecule has 0 aliphatic carbocycles. The van der Waals surface area contributed by atoms with Crippen LogP contribution < -0.4 is 5.56 Å². The summed E-state index contributed by atoms with van der Waals surface area (Å²) in [6.07, 6.45) is 6.26. The van der Waals surface area contributed by atoms with Gasteiger partial charge in [0, 0.05) is 0 Å². The third-order valence-electron chi connectivity index (χ3n) is 1.13. The van der Waals surface area contributed by atoms with Crippen molar-refractivity contribution in [3.8, 4) is 12.3 Å². The van der Waals surface area contributed by atoms with Crippen LogP contribution in [0.4, 0.5) is 0 Å². The summed E-state index contributed by atoms with van der Waals surface area (Å²) in [6, 6.07) is 0. The summed E-state index contributed by atoms with van der Waals surface area (Å²) >= 11 is 0. The Labute approximate surface area is 58.1 Å². The Hall–Kier alpha value is -1.56. The number of rotatable bonds is 0. The summed E-state index contributed by atoms with van der Waals surface area (Å²) in [7, 11) is 0. The molecule has 1 aromatic rings. The second-order valence-electron chi connectivity index (χ2n) is 1.85. The van der Waals surface area contributed by atoms with Crippen molar-refractivity contribution in [2.24, 2.45) is 0 Å². The first kappa shape index (κ1) is 6.56. The minimum Gasteiger partial charge on any atom is -0.313 e. The zero-order valence-electron chi connectivity index (χ0n) is 5.51. The average Bonchev–Trinajstić information content (AvgIpc) is 1.94. The fourth-order valence-electron chi connectivity index (χ4n) is 0.606. The SMILES string of the molecule is C#Cc1[nH]c(=O)cnc1C. The number of aromatic amines is 1. The molecule has 10 heavy (non-hydrogen) atoms. The molecule has 0 aliphatic rings. The van der Waals surface area contributed by atoms with Gasteiger partial charge in [0.1, 0.15) is 5.69 Å². The van der Waals surface area contributed by atoms with Crippen molar-refractivity contribution in [3.05, 3.63) is 27.9 Å². The number of hydrogen-bond donors (Lipinski definition) is 1. The molecule has 0 saturated heterocycles. The standard InChI is InChI=1S/C7H6N2O/c1-3-6-5(2)8-4-7(10)9-6/h1,4H,2H3,(H,9,10). The molecule has 0 aromatic carbocycles. The van der Waals surface area contributed by atoms with Crippen LogP contribution in [0.5, 0.6) is 0 Å². The molecule has 0 saturated carbocycles. The van der Waals surface area contributed by atoms with Crippen molar-refractivity contribution in [2.45, 2.75) is 6.92 Å². The number of H-pyrrole nitrogens is 1. The third kappa shape index (κ3) is 1.06. The molecule has 0 fully saturated rings. The van der Waals surface area contributed by atoms with E-state index in [4.69, 9.17) is 6.42 Å². The largest absolute Gasteiger partial charge is 0.313 e. The fourth-order valence-corrected chi connectivity index (χ4v) is 0.606. The Morgan fingerprint density at radius 1 is 1.80 bits per heavy atom. The second kappa shape index (κ2) is 2.36. The Morgan fingerprint density at radius 3 is 3.00 bits per heavy atom. The first-order chi connectivity index (χ1) is 4.74. The molecule has 0 atom stereocenters. The van der Waals surface area contributed by atoms with E-state index in [0.29, 0.717) is 11.4 Å². The molecular weight excluding hydrogens is 128 g/mol. The molecule has 50 valence electrons. The molecular formula is C7H6N2O. The summed E-state index contributed by atoms with van der Waals surface area (Å²) in [5, 5.41) is 0. The van der Waals surface area contributed by atoms with E-state index in [1.54, 1.807) is 6.92 Å². The van der Waals surface area contributed by atoms with Gasteiger partial charge in [0.05, 0.1) is 11.9 Å². The quantitative estimate of drug-likeness (QED) is 0.510. The van der Waals surface area contributed by atoms with Gasteiger partial charge in [0.2, 0.25) is 0 Å². The van der Waals surface area contributed by atoms with Crippen LogP contribution in [0, 0.1) is 19.3 Å². The predicted octanol–water partition coefficient (Wildman–Crippen LogP) is 0.0596. The predicted molar refractivity (Wildman–Crippen MR) is 37.5 cm³/mol. The smallest absolute Gasteiger partial charge is 0.267 e. The van der Waals surface area contributed by atoms with Crippen LogP contribution in [-0.2, 0) is 0 Å². The Bertz CT molecular complexity index is 332. The van der Waals surface area contributed by atoms with Crippen molar-refractivity contribution in [2.75, 3.05) is 0 Å². The lowest BCUT2D eigenvalue weighted by atomic mass is 10.3. The van der Waals surface area contributed by atoms with E-state index in [1.807, 2.05) is 0 Å². The molecule has 1 aromatic heterocycles. The molecule has 1 rings (SSSR count). The molecule has 3 heteroatoms. The van der Waals surface area contributed by atoms with E-state index in [2.05, 4.69) is 15.9 Å². The van der Waals surface area contributed by atoms with Crippen LogP contribution in [-0.4, -0.2) is 9.97 Å². The van der Waals surface area contributed by atoms with Crippen LogP contribution in [0.25, 0.3) is 0 Å². The molecule has 0 radical (unpaired) electrons. The highest BCUT2D eigenvalue weighted by Gasteiger charge is 1.93. The number of aryl methyl sites for hydroxylation is 1. The van der Waals surface area contributed by atoms with Crippen molar-refractivity contribution in [3.63, 3.8) is 0 Å². The van der Waals surface area contributed by atoms with Gasteiger partial charge < -0.3 is 4.98 Å². The van der Waals surface area contributed by atoms with E-state index < -0.39 is 0 Å². The lowest BCUT2D eigenvalue weighted by Crippen LogP contribution is -2.08. The van der Waals surface area contributed by atoms with E-state index in [9.17, 15) is 4.79 Å². The number of nitrogens with one attached hydrogen (secondary N) is 1. The highest BCUT2D eigenvalue weighted by Crippen LogP contribution is 1.91. The maximum atomic E-state index is 10.6. The number of aromatic nitrogens is 2. The Morgan fingerprint density at radius 2 is 2.50 bits per heavy atom. The van der Waals surface area contributed by atoms with E-state index >= 15 is 0 Å². The molecule has 3 nitrogen and oxygen atoms in total. The first-order valence-electron chi connectivity index (χ1n) is 2.76. The molecule has 0 unspecified atom stereocenters. The maximum absolute atomic E-state index is 10.6. The van der Waals surface area contributed by atoms with Crippen molar-refractivity contribution >= 4 is 0 Å². The van der Waals surface area contributed by atoms with E-state index in [1.165, 1.54) is 6.20 Å². The van der Waals surface area contributed by atoms with E-state index in [0.717, 1.165) is 0 Å². The summed E-state index contributed by atoms with van der Waals surface area (Å²) in [5.74, 6) is 2.32. The van der Waals surface area contributed by atoms with Crippen LogP contribution in [0.3, 0.4) is 0 Å². The van der Waals surface area contributed by atoms with Gasteiger partial charge in [-0.05, 0) is 6.92 Å². The lowest BCUT2D eigenvalue weighted by Gasteiger charge is -1.92. The fraction of sp³-hybridized carbons (Fsp3) is 0.143. The average molecular weight is 134 g/mol. The number of nitrogens with zero attached hydrogens (tertiary/aromatic N) is 1. The van der Waals surface area contributed by atoms with Crippen LogP contribution in [0.15, 0.2) is 11.0 Å². The molecule has 1 N–H and O–H groups in total. The van der Waals surface area contributed by atoms with Gasteiger partial charge >= 0.3 is 0 Å². The highest BCUT2D eigenvalue weighted by atomic mass is 16.1. The summed E-state index contributed by atoms with van der Waals surface area (Å²) in [5.41, 5.74) is 0.855. The van der Waals surface area contributed by atoms with Gasteiger partial charge in [-0.25, -0.2) is 0 Å². The third-order valence-corrected chi connectivity index (χ3v) is 1.13. The van der Waals surface area contributed by atoms with Gasteiger partial charge in [-0.2, -0.15) is 0 Å². The zero-order valence-corrected chi connectivity index (χ0v) is 5.51. The maximum Gasteiger partial charge on any atom is 0.267 e. The second-order valence-corrected chi connectivity index (χ2v) is 1.85. The molecule has 1 heterocycles. The molecule has 0 amide bonds. The lowest BCUT2D eigenvalue weighted by molar-refractivity contribution is 1.05. The van der Waals surface area contributed by atoms with Gasteiger partial charge in [-0.1, -0.05) is 5.92 Å². The Balaban J connectivity index is 3.40. The van der Waals surface area contributed by atoms with Gasteiger partial charge in [0.15, 0.2) is 0 Å². The topological polar surface area (TPSA) is 45.8 Å². The minimum absolute atomic E-state index is 0.265. The number of hydrogen-bond acceptors (Lipinski definition) is 2. The molecule has 0 spiro atoms. The van der Waals surface area contributed by atoms with Gasteiger partial charge in [-0.15, -0.1) is 6.42 Å². The first-order valence-corrected chi connectivity index (χ1v) is 2.76. The van der Waals surface area contributed by atoms with Crippen LogP contribution in [0.2, 0.25) is 0 Å². The molecule has 0 aliphatic heterocycles. The summed E-state index contributed by atoms with van der Waals surface area (Å²) < 4.78 is 0. The summed E-state index contributed by atoms with van der Waals surface area (Å²) in [4.78, 5) is 16.8.